The van der Waals surface area contributed by atoms with Crippen LogP contribution in [0.5, 0.6) is 0 Å². The summed E-state index contributed by atoms with van der Waals surface area (Å²) in [6.45, 7) is 9.85. The molecule has 8 nitrogen and oxygen atoms in total. The van der Waals surface area contributed by atoms with Crippen LogP contribution in [0, 0.1) is 5.92 Å². The lowest BCUT2D eigenvalue weighted by Gasteiger charge is -2.26. The standard InChI is InChI=1S/C22H43N5O3/c1-4-23-22(25-12-7-15-30-18-19-9-16-29-17-10-19)24-11-6-14-27-13-5-8-20(27)21(28)26(2)3/h19-20H,4-18H2,1-3H3,(H2,23,24,25). The molecular weight excluding hydrogens is 382 g/mol. The molecule has 0 aromatic carbocycles. The van der Waals surface area contributed by atoms with Crippen LogP contribution in [0.4, 0.5) is 0 Å². The Hall–Kier alpha value is -1.38. The zero-order valence-corrected chi connectivity index (χ0v) is 19.3. The summed E-state index contributed by atoms with van der Waals surface area (Å²) in [4.78, 5) is 21.0. The van der Waals surface area contributed by atoms with E-state index in [2.05, 4.69) is 27.4 Å². The predicted octanol–water partition coefficient (Wildman–Crippen LogP) is 1.32. The molecule has 0 spiro atoms. The molecule has 0 radical (unpaired) electrons. The molecule has 2 aliphatic rings. The summed E-state index contributed by atoms with van der Waals surface area (Å²) < 4.78 is 11.2. The molecule has 2 heterocycles. The van der Waals surface area contributed by atoms with Crippen LogP contribution in [0.2, 0.25) is 0 Å². The van der Waals surface area contributed by atoms with Crippen LogP contribution in [0.25, 0.3) is 0 Å². The van der Waals surface area contributed by atoms with E-state index in [1.54, 1.807) is 4.90 Å². The number of amides is 1. The summed E-state index contributed by atoms with van der Waals surface area (Å²) in [6.07, 6.45) is 6.25. The second-order valence-corrected chi connectivity index (χ2v) is 8.45. The number of nitrogens with one attached hydrogen (secondary N) is 2. The van der Waals surface area contributed by atoms with E-state index in [1.807, 2.05) is 14.1 Å². The van der Waals surface area contributed by atoms with Crippen molar-refractivity contribution >= 4 is 11.9 Å². The van der Waals surface area contributed by atoms with Crippen LogP contribution in [0.15, 0.2) is 4.99 Å². The first-order valence-corrected chi connectivity index (χ1v) is 11.7. The second-order valence-electron chi connectivity index (χ2n) is 8.45. The Bertz CT molecular complexity index is 509. The number of likely N-dealkylation sites (tertiary alicyclic amines) is 1. The lowest BCUT2D eigenvalue weighted by Crippen LogP contribution is -2.44. The van der Waals surface area contributed by atoms with Crippen molar-refractivity contribution in [2.75, 3.05) is 73.2 Å². The number of guanidine groups is 1. The quantitative estimate of drug-likeness (QED) is 0.279. The summed E-state index contributed by atoms with van der Waals surface area (Å²) in [5, 5.41) is 6.72. The fourth-order valence-electron chi connectivity index (χ4n) is 4.02. The highest BCUT2D eigenvalue weighted by molar-refractivity contribution is 5.81. The zero-order chi connectivity index (χ0) is 21.6. The lowest BCUT2D eigenvalue weighted by molar-refractivity contribution is -0.133. The van der Waals surface area contributed by atoms with Gasteiger partial charge in [0.05, 0.1) is 6.04 Å². The summed E-state index contributed by atoms with van der Waals surface area (Å²) in [6, 6.07) is 0.0584. The number of carbonyl (C=O) groups is 1. The van der Waals surface area contributed by atoms with Gasteiger partial charge in [0.15, 0.2) is 5.96 Å². The molecule has 1 atom stereocenters. The first-order valence-electron chi connectivity index (χ1n) is 11.7. The first kappa shape index (κ1) is 24.9. The van der Waals surface area contributed by atoms with Crippen molar-refractivity contribution in [2.24, 2.45) is 10.9 Å². The molecule has 1 unspecified atom stereocenters. The molecule has 2 fully saturated rings. The van der Waals surface area contributed by atoms with Crippen LogP contribution >= 0.6 is 0 Å². The van der Waals surface area contributed by atoms with Crippen molar-refractivity contribution in [3.8, 4) is 0 Å². The van der Waals surface area contributed by atoms with Gasteiger partial charge in [-0.3, -0.25) is 14.7 Å². The number of aliphatic imine (C=N–C) groups is 1. The maximum absolute atomic E-state index is 12.3. The average molecular weight is 426 g/mol. The van der Waals surface area contributed by atoms with Gasteiger partial charge in [-0.2, -0.15) is 0 Å². The third-order valence-electron chi connectivity index (χ3n) is 5.76. The number of rotatable bonds is 12. The third kappa shape index (κ3) is 9.18. The number of hydrogen-bond acceptors (Lipinski definition) is 5. The minimum Gasteiger partial charge on any atom is -0.381 e. The van der Waals surface area contributed by atoms with Crippen molar-refractivity contribution in [3.63, 3.8) is 0 Å². The van der Waals surface area contributed by atoms with Crippen LogP contribution in [0.1, 0.15) is 45.4 Å². The van der Waals surface area contributed by atoms with Crippen LogP contribution < -0.4 is 10.6 Å². The number of hydrogen-bond donors (Lipinski definition) is 2. The van der Waals surface area contributed by atoms with Gasteiger partial charge in [-0.25, -0.2) is 0 Å². The molecule has 0 aromatic heterocycles. The second kappa shape index (κ2) is 14.6. The van der Waals surface area contributed by atoms with Gasteiger partial charge in [0.25, 0.3) is 0 Å². The Labute approximate surface area is 182 Å². The molecule has 2 N–H and O–H groups in total. The smallest absolute Gasteiger partial charge is 0.239 e. The summed E-state index contributed by atoms with van der Waals surface area (Å²) in [5.74, 6) is 1.75. The zero-order valence-electron chi connectivity index (χ0n) is 19.3. The summed E-state index contributed by atoms with van der Waals surface area (Å²) in [7, 11) is 3.69. The predicted molar refractivity (Wildman–Crippen MR) is 121 cm³/mol. The first-order chi connectivity index (χ1) is 14.6. The Morgan fingerprint density at radius 1 is 1.20 bits per heavy atom. The highest BCUT2D eigenvalue weighted by Gasteiger charge is 2.30. The minimum absolute atomic E-state index is 0.0584. The van der Waals surface area contributed by atoms with Crippen LogP contribution in [-0.2, 0) is 14.3 Å². The van der Waals surface area contributed by atoms with E-state index < -0.39 is 0 Å². The van der Waals surface area contributed by atoms with Gasteiger partial charge >= 0.3 is 0 Å². The summed E-state index contributed by atoms with van der Waals surface area (Å²) in [5.41, 5.74) is 0. The van der Waals surface area contributed by atoms with E-state index in [0.29, 0.717) is 5.92 Å². The molecule has 2 aliphatic heterocycles. The maximum Gasteiger partial charge on any atom is 0.239 e. The SMILES string of the molecule is CCNC(=NCCCOCC1CCOCC1)NCCCN1CCCC1C(=O)N(C)C. The van der Waals surface area contributed by atoms with Gasteiger partial charge in [0.2, 0.25) is 5.91 Å². The van der Waals surface area contributed by atoms with Crippen molar-refractivity contribution in [2.45, 2.75) is 51.5 Å². The lowest BCUT2D eigenvalue weighted by atomic mass is 10.0. The normalized spacial score (nSPS) is 21.0. The highest BCUT2D eigenvalue weighted by Crippen LogP contribution is 2.18. The number of nitrogens with zero attached hydrogens (tertiary/aromatic N) is 3. The number of carbonyl (C=O) groups excluding carboxylic acids is 1. The molecule has 0 saturated carbocycles. The molecular formula is C22H43N5O3. The van der Waals surface area contributed by atoms with E-state index in [9.17, 15) is 4.79 Å². The van der Waals surface area contributed by atoms with Gasteiger partial charge in [-0.1, -0.05) is 0 Å². The molecule has 0 bridgehead atoms. The highest BCUT2D eigenvalue weighted by atomic mass is 16.5. The van der Waals surface area contributed by atoms with Crippen molar-refractivity contribution < 1.29 is 14.3 Å². The molecule has 1 amide bonds. The number of likely N-dealkylation sites (N-methyl/N-ethyl adjacent to an activating group) is 1. The molecule has 0 aromatic rings. The Kier molecular flexibility index (Phi) is 12.1. The Morgan fingerprint density at radius 2 is 2.00 bits per heavy atom. The largest absolute Gasteiger partial charge is 0.381 e. The van der Waals surface area contributed by atoms with E-state index in [0.717, 1.165) is 104 Å². The van der Waals surface area contributed by atoms with Gasteiger partial charge in [0, 0.05) is 66.7 Å². The van der Waals surface area contributed by atoms with E-state index >= 15 is 0 Å². The molecule has 0 aliphatic carbocycles. The topological polar surface area (TPSA) is 78.4 Å². The molecule has 8 heteroatoms. The fraction of sp³-hybridized carbons (Fsp3) is 0.909. The number of ether oxygens (including phenoxy) is 2. The summed E-state index contributed by atoms with van der Waals surface area (Å²) >= 11 is 0. The van der Waals surface area contributed by atoms with Gasteiger partial charge in [-0.15, -0.1) is 0 Å². The molecule has 30 heavy (non-hydrogen) atoms. The van der Waals surface area contributed by atoms with E-state index in [-0.39, 0.29) is 11.9 Å². The molecule has 174 valence electrons. The van der Waals surface area contributed by atoms with Crippen molar-refractivity contribution in [3.05, 3.63) is 0 Å². The van der Waals surface area contributed by atoms with E-state index in [4.69, 9.17) is 9.47 Å². The van der Waals surface area contributed by atoms with Crippen molar-refractivity contribution in [1.82, 2.24) is 20.4 Å². The Balaban J connectivity index is 1.58. The van der Waals surface area contributed by atoms with Crippen molar-refractivity contribution in [1.29, 1.82) is 0 Å². The van der Waals surface area contributed by atoms with E-state index in [1.165, 1.54) is 0 Å². The van der Waals surface area contributed by atoms with Crippen LogP contribution in [0.3, 0.4) is 0 Å². The Morgan fingerprint density at radius 3 is 2.73 bits per heavy atom. The maximum atomic E-state index is 12.3. The fourth-order valence-corrected chi connectivity index (χ4v) is 4.02. The molecule has 2 saturated heterocycles. The monoisotopic (exact) mass is 425 g/mol. The third-order valence-corrected chi connectivity index (χ3v) is 5.76. The van der Waals surface area contributed by atoms with Gasteiger partial charge < -0.3 is 25.0 Å². The van der Waals surface area contributed by atoms with Gasteiger partial charge in [-0.05, 0) is 57.9 Å². The average Bonchev–Trinajstić information content (AvgIpc) is 3.22. The molecule has 2 rings (SSSR count). The van der Waals surface area contributed by atoms with Gasteiger partial charge in [0.1, 0.15) is 0 Å². The minimum atomic E-state index is 0.0584. The van der Waals surface area contributed by atoms with Crippen LogP contribution in [-0.4, -0.2) is 101 Å².